The van der Waals surface area contributed by atoms with Crippen LogP contribution in [0.3, 0.4) is 0 Å². The summed E-state index contributed by atoms with van der Waals surface area (Å²) in [7, 11) is 0. The Kier molecular flexibility index (Phi) is 6.83. The maximum absolute atomic E-state index is 12.4. The van der Waals surface area contributed by atoms with E-state index in [1.807, 2.05) is 19.1 Å². The number of carbonyl (C=O) groups is 2. The Hall–Kier alpha value is -3.53. The molecule has 1 aliphatic rings. The van der Waals surface area contributed by atoms with Crippen molar-refractivity contribution in [3.63, 3.8) is 0 Å². The van der Waals surface area contributed by atoms with Crippen molar-refractivity contribution in [2.24, 2.45) is 0 Å². The van der Waals surface area contributed by atoms with Crippen LogP contribution in [0.15, 0.2) is 30.3 Å². The SMILES string of the molecule is Cc1cc(CNC(=O)OC2CCc3c(sc(NC(=O)CCc4cccc(O)c4)c3N)C2)n[nH]1. The first-order valence-corrected chi connectivity index (χ1v) is 11.6. The average molecular weight is 470 g/mol. The van der Waals surface area contributed by atoms with E-state index in [1.165, 1.54) is 11.3 Å². The highest BCUT2D eigenvalue weighted by atomic mass is 32.1. The lowest BCUT2D eigenvalue weighted by molar-refractivity contribution is -0.116. The lowest BCUT2D eigenvalue weighted by atomic mass is 9.95. The molecule has 6 N–H and O–H groups in total. The minimum atomic E-state index is -0.478. The molecule has 9 nitrogen and oxygen atoms in total. The number of nitrogens with two attached hydrogens (primary N) is 1. The summed E-state index contributed by atoms with van der Waals surface area (Å²) < 4.78 is 5.57. The molecule has 33 heavy (non-hydrogen) atoms. The molecule has 2 amide bonds. The van der Waals surface area contributed by atoms with Crippen molar-refractivity contribution in [3.05, 3.63) is 57.7 Å². The van der Waals surface area contributed by atoms with E-state index in [2.05, 4.69) is 20.8 Å². The Labute approximate surface area is 195 Å². The first-order chi connectivity index (χ1) is 15.9. The molecule has 1 aliphatic carbocycles. The molecule has 3 aromatic rings. The largest absolute Gasteiger partial charge is 0.508 e. The smallest absolute Gasteiger partial charge is 0.407 e. The number of nitrogens with one attached hydrogen (secondary N) is 3. The molecule has 0 spiro atoms. The first-order valence-electron chi connectivity index (χ1n) is 10.8. The molecule has 0 fully saturated rings. The number of phenols is 1. The molecule has 2 aromatic heterocycles. The zero-order chi connectivity index (χ0) is 23.4. The maximum Gasteiger partial charge on any atom is 0.407 e. The average Bonchev–Trinajstić information content (AvgIpc) is 3.33. The number of aromatic amines is 1. The van der Waals surface area contributed by atoms with Crippen molar-refractivity contribution in [2.75, 3.05) is 11.1 Å². The summed E-state index contributed by atoms with van der Waals surface area (Å²) in [6, 6.07) is 8.74. The van der Waals surface area contributed by atoms with E-state index < -0.39 is 6.09 Å². The van der Waals surface area contributed by atoms with Crippen molar-refractivity contribution in [3.8, 4) is 5.75 Å². The number of phenolic OH excluding ortho intramolecular Hbond substituents is 1. The van der Waals surface area contributed by atoms with Gasteiger partial charge in [-0.3, -0.25) is 9.89 Å². The van der Waals surface area contributed by atoms with E-state index in [9.17, 15) is 14.7 Å². The fourth-order valence-corrected chi connectivity index (χ4v) is 5.10. The summed E-state index contributed by atoms with van der Waals surface area (Å²) in [5.41, 5.74) is 10.5. The van der Waals surface area contributed by atoms with Crippen LogP contribution in [0.5, 0.6) is 5.75 Å². The normalized spacial score (nSPS) is 15.0. The molecule has 1 aromatic carbocycles. The fourth-order valence-electron chi connectivity index (χ4n) is 3.85. The molecule has 174 valence electrons. The van der Waals surface area contributed by atoms with Gasteiger partial charge in [0.2, 0.25) is 5.91 Å². The summed E-state index contributed by atoms with van der Waals surface area (Å²) in [5.74, 6) is 0.0502. The molecule has 4 rings (SSSR count). The third-order valence-electron chi connectivity index (χ3n) is 5.51. The van der Waals surface area contributed by atoms with Crippen LogP contribution in [-0.4, -0.2) is 33.4 Å². The number of nitrogen functional groups attached to an aromatic ring is 1. The number of aromatic hydroxyl groups is 1. The van der Waals surface area contributed by atoms with Crippen LogP contribution in [0.2, 0.25) is 0 Å². The Morgan fingerprint density at radius 3 is 2.97 bits per heavy atom. The van der Waals surface area contributed by atoms with E-state index in [-0.39, 0.29) is 24.2 Å². The number of fused-ring (bicyclic) bond motifs is 1. The van der Waals surface area contributed by atoms with Crippen molar-refractivity contribution < 1.29 is 19.4 Å². The lowest BCUT2D eigenvalue weighted by Crippen LogP contribution is -2.31. The molecule has 0 bridgehead atoms. The van der Waals surface area contributed by atoms with Crippen LogP contribution in [0.4, 0.5) is 15.5 Å². The van der Waals surface area contributed by atoms with Gasteiger partial charge in [-0.2, -0.15) is 5.10 Å². The van der Waals surface area contributed by atoms with Crippen LogP contribution in [0, 0.1) is 6.92 Å². The van der Waals surface area contributed by atoms with Crippen molar-refractivity contribution in [1.29, 1.82) is 0 Å². The van der Waals surface area contributed by atoms with Gasteiger partial charge < -0.3 is 26.2 Å². The molecule has 10 heteroatoms. The quantitative estimate of drug-likeness (QED) is 0.359. The van der Waals surface area contributed by atoms with Crippen LogP contribution >= 0.6 is 11.3 Å². The number of aromatic nitrogens is 2. The van der Waals surface area contributed by atoms with Gasteiger partial charge in [0.15, 0.2) is 0 Å². The number of ether oxygens (including phenoxy) is 1. The zero-order valence-corrected chi connectivity index (χ0v) is 19.1. The number of benzene rings is 1. The number of aryl methyl sites for hydroxylation is 2. The topological polar surface area (TPSA) is 142 Å². The third-order valence-corrected chi connectivity index (χ3v) is 6.70. The van der Waals surface area contributed by atoms with Crippen LogP contribution in [0.1, 0.15) is 40.2 Å². The van der Waals surface area contributed by atoms with Crippen LogP contribution in [-0.2, 0) is 35.3 Å². The fraction of sp³-hybridized carbons (Fsp3) is 0.348. The number of nitrogens with zero attached hydrogens (tertiary/aromatic N) is 1. The zero-order valence-electron chi connectivity index (χ0n) is 18.3. The Bertz CT molecular complexity index is 1160. The van der Waals surface area contributed by atoms with Gasteiger partial charge in [-0.25, -0.2) is 4.79 Å². The second kappa shape index (κ2) is 9.95. The summed E-state index contributed by atoms with van der Waals surface area (Å²) in [4.78, 5) is 25.6. The van der Waals surface area contributed by atoms with Crippen molar-refractivity contribution in [2.45, 2.75) is 51.7 Å². The predicted molar refractivity (Wildman–Crippen MR) is 126 cm³/mol. The van der Waals surface area contributed by atoms with Gasteiger partial charge in [-0.15, -0.1) is 11.3 Å². The van der Waals surface area contributed by atoms with Gasteiger partial charge in [-0.1, -0.05) is 12.1 Å². The molecular weight excluding hydrogens is 442 g/mol. The summed E-state index contributed by atoms with van der Waals surface area (Å²) in [6.45, 7) is 2.19. The number of thiophene rings is 1. The van der Waals surface area contributed by atoms with Crippen molar-refractivity contribution in [1.82, 2.24) is 15.5 Å². The number of amides is 2. The summed E-state index contributed by atoms with van der Waals surface area (Å²) >= 11 is 1.44. The highest BCUT2D eigenvalue weighted by Gasteiger charge is 2.27. The summed E-state index contributed by atoms with van der Waals surface area (Å²) in [5, 5.41) is 22.7. The Morgan fingerprint density at radius 2 is 2.21 bits per heavy atom. The molecule has 0 aliphatic heterocycles. The van der Waals surface area contributed by atoms with Gasteiger partial charge in [0.25, 0.3) is 0 Å². The minimum Gasteiger partial charge on any atom is -0.508 e. The van der Waals surface area contributed by atoms with Gasteiger partial charge in [0.05, 0.1) is 17.9 Å². The first kappa shape index (κ1) is 22.7. The summed E-state index contributed by atoms with van der Waals surface area (Å²) in [6.07, 6.45) is 2.01. The van der Waals surface area contributed by atoms with Gasteiger partial charge >= 0.3 is 6.09 Å². The molecule has 0 radical (unpaired) electrons. The second-order valence-corrected chi connectivity index (χ2v) is 9.24. The van der Waals surface area contributed by atoms with E-state index in [0.29, 0.717) is 42.9 Å². The monoisotopic (exact) mass is 469 g/mol. The van der Waals surface area contributed by atoms with Gasteiger partial charge in [0.1, 0.15) is 16.9 Å². The molecule has 0 saturated carbocycles. The number of carbonyl (C=O) groups excluding carboxylic acids is 2. The third kappa shape index (κ3) is 5.83. The van der Waals surface area contributed by atoms with E-state index >= 15 is 0 Å². The highest BCUT2D eigenvalue weighted by molar-refractivity contribution is 7.17. The number of hydrogen-bond donors (Lipinski definition) is 5. The number of H-pyrrole nitrogens is 1. The second-order valence-electron chi connectivity index (χ2n) is 8.13. The standard InChI is InChI=1S/C23H27N5O4S/c1-13-9-15(28-27-13)12-25-23(31)32-17-6-7-18-19(11-17)33-22(21(18)24)26-20(30)8-5-14-3-2-4-16(29)10-14/h2-4,9-10,17,29H,5-8,11-12,24H2,1H3,(H,25,31)(H,26,30)(H,27,28). The number of alkyl carbamates (subject to hydrolysis) is 1. The van der Waals surface area contributed by atoms with Gasteiger partial charge in [-0.05, 0) is 55.5 Å². The molecular formula is C23H27N5O4S. The highest BCUT2D eigenvalue weighted by Crippen LogP contribution is 2.40. The lowest BCUT2D eigenvalue weighted by Gasteiger charge is -2.22. The molecule has 2 heterocycles. The van der Waals surface area contributed by atoms with E-state index in [1.54, 1.807) is 18.2 Å². The molecule has 0 saturated heterocycles. The van der Waals surface area contributed by atoms with E-state index in [0.717, 1.165) is 27.4 Å². The Balaban J connectivity index is 1.28. The predicted octanol–water partition coefficient (Wildman–Crippen LogP) is 3.42. The number of hydrogen-bond acceptors (Lipinski definition) is 7. The van der Waals surface area contributed by atoms with Gasteiger partial charge in [0, 0.05) is 23.4 Å². The Morgan fingerprint density at radius 1 is 1.36 bits per heavy atom. The molecule has 1 unspecified atom stereocenters. The van der Waals surface area contributed by atoms with Crippen LogP contribution < -0.4 is 16.4 Å². The minimum absolute atomic E-state index is 0.135. The van der Waals surface area contributed by atoms with E-state index in [4.69, 9.17) is 10.5 Å². The molecule has 1 atom stereocenters. The number of rotatable bonds is 7. The maximum atomic E-state index is 12.4. The van der Waals surface area contributed by atoms with Crippen molar-refractivity contribution >= 4 is 34.0 Å². The number of anilines is 2. The van der Waals surface area contributed by atoms with Crippen LogP contribution in [0.25, 0.3) is 0 Å².